The molecule has 0 fully saturated rings. The predicted octanol–water partition coefficient (Wildman–Crippen LogP) is 14.8. The molecule has 0 radical (unpaired) electrons. The van der Waals surface area contributed by atoms with E-state index in [1.54, 1.807) is 0 Å². The third-order valence-corrected chi connectivity index (χ3v) is 11.1. The molecule has 0 unspecified atom stereocenters. The molecular formula is C53H33NO. The number of fused-ring (bicyclic) bond motifs is 5. The zero-order valence-electron chi connectivity index (χ0n) is 29.9. The number of para-hydroxylation sites is 2. The van der Waals surface area contributed by atoms with Crippen molar-refractivity contribution in [2.24, 2.45) is 0 Å². The van der Waals surface area contributed by atoms with Crippen LogP contribution in [0.2, 0.25) is 0 Å². The first-order valence-electron chi connectivity index (χ1n) is 18.8. The average Bonchev–Trinajstić information content (AvgIpc) is 3.69. The van der Waals surface area contributed by atoms with Crippen LogP contribution < -0.4 is 0 Å². The minimum absolute atomic E-state index is 0.603. The van der Waals surface area contributed by atoms with E-state index in [4.69, 9.17) is 9.40 Å². The van der Waals surface area contributed by atoms with Gasteiger partial charge in [0.15, 0.2) is 5.58 Å². The van der Waals surface area contributed by atoms with Crippen molar-refractivity contribution >= 4 is 54.2 Å². The highest BCUT2D eigenvalue weighted by atomic mass is 16.3. The van der Waals surface area contributed by atoms with E-state index in [2.05, 4.69) is 176 Å². The molecule has 11 aromatic rings. The van der Waals surface area contributed by atoms with Crippen molar-refractivity contribution in [2.75, 3.05) is 0 Å². The van der Waals surface area contributed by atoms with Crippen LogP contribution in [0.15, 0.2) is 205 Å². The van der Waals surface area contributed by atoms with Gasteiger partial charge >= 0.3 is 0 Å². The highest BCUT2D eigenvalue weighted by Gasteiger charge is 2.24. The number of hydrogen-bond acceptors (Lipinski definition) is 2. The van der Waals surface area contributed by atoms with Crippen molar-refractivity contribution in [3.8, 4) is 56.0 Å². The molecule has 0 aliphatic carbocycles. The van der Waals surface area contributed by atoms with Gasteiger partial charge in [-0.1, -0.05) is 176 Å². The maximum Gasteiger partial charge on any atom is 0.227 e. The molecule has 0 bridgehead atoms. The van der Waals surface area contributed by atoms with E-state index < -0.39 is 0 Å². The second-order valence-electron chi connectivity index (χ2n) is 14.2. The second kappa shape index (κ2) is 12.7. The Balaban J connectivity index is 1.34. The summed E-state index contributed by atoms with van der Waals surface area (Å²) in [6.07, 6.45) is 0. The Morgan fingerprint density at radius 3 is 1.36 bits per heavy atom. The lowest BCUT2D eigenvalue weighted by atomic mass is 9.81. The van der Waals surface area contributed by atoms with Crippen molar-refractivity contribution < 1.29 is 4.42 Å². The molecular weight excluding hydrogens is 667 g/mol. The zero-order chi connectivity index (χ0) is 36.3. The summed E-state index contributed by atoms with van der Waals surface area (Å²) in [6.45, 7) is 0. The molecule has 1 aromatic heterocycles. The van der Waals surface area contributed by atoms with E-state index in [-0.39, 0.29) is 0 Å². The van der Waals surface area contributed by atoms with Crippen LogP contribution >= 0.6 is 0 Å². The molecule has 2 nitrogen and oxygen atoms in total. The van der Waals surface area contributed by atoms with Crippen molar-refractivity contribution in [3.63, 3.8) is 0 Å². The highest BCUT2D eigenvalue weighted by Crippen LogP contribution is 2.50. The minimum atomic E-state index is 0.603. The van der Waals surface area contributed by atoms with Gasteiger partial charge in [0.1, 0.15) is 5.52 Å². The number of oxazole rings is 1. The van der Waals surface area contributed by atoms with Crippen LogP contribution in [0.3, 0.4) is 0 Å². The Bertz CT molecular complexity index is 3160. The molecule has 11 rings (SSSR count). The second-order valence-corrected chi connectivity index (χ2v) is 14.2. The molecule has 0 saturated carbocycles. The first-order chi connectivity index (χ1) is 27.3. The number of rotatable bonds is 5. The van der Waals surface area contributed by atoms with Gasteiger partial charge in [0.05, 0.1) is 0 Å². The maximum atomic E-state index is 6.65. The number of hydrogen-bond donors (Lipinski definition) is 0. The number of benzene rings is 10. The lowest BCUT2D eigenvalue weighted by Gasteiger charge is -2.22. The van der Waals surface area contributed by atoms with Gasteiger partial charge in [-0.05, 0) is 112 Å². The fourth-order valence-electron chi connectivity index (χ4n) is 8.67. The average molecular weight is 700 g/mol. The molecule has 0 N–H and O–H groups in total. The summed E-state index contributed by atoms with van der Waals surface area (Å²) in [7, 11) is 0. The Hall–Kier alpha value is -7.29. The van der Waals surface area contributed by atoms with E-state index >= 15 is 0 Å². The van der Waals surface area contributed by atoms with Gasteiger partial charge in [-0.2, -0.15) is 0 Å². The highest BCUT2D eigenvalue weighted by molar-refractivity contribution is 6.23. The van der Waals surface area contributed by atoms with Gasteiger partial charge in [0, 0.05) is 5.56 Å². The van der Waals surface area contributed by atoms with Crippen LogP contribution in [0.5, 0.6) is 0 Å². The zero-order valence-corrected chi connectivity index (χ0v) is 29.9. The molecule has 0 aliphatic rings. The summed E-state index contributed by atoms with van der Waals surface area (Å²) in [5, 5.41) is 9.62. The minimum Gasteiger partial charge on any atom is -0.436 e. The van der Waals surface area contributed by atoms with Crippen molar-refractivity contribution in [2.45, 2.75) is 0 Å². The van der Waals surface area contributed by atoms with Crippen molar-refractivity contribution in [1.82, 2.24) is 4.98 Å². The molecule has 0 spiro atoms. The molecule has 55 heavy (non-hydrogen) atoms. The number of aromatic nitrogens is 1. The summed E-state index contributed by atoms with van der Waals surface area (Å²) >= 11 is 0. The molecule has 256 valence electrons. The number of nitrogens with zero attached hydrogens (tertiary/aromatic N) is 1. The molecule has 2 heteroatoms. The first kappa shape index (κ1) is 31.3. The van der Waals surface area contributed by atoms with E-state index in [0.717, 1.165) is 44.5 Å². The lowest BCUT2D eigenvalue weighted by Crippen LogP contribution is -1.96. The van der Waals surface area contributed by atoms with Gasteiger partial charge in [0.2, 0.25) is 5.89 Å². The standard InChI is InChI=1S/C53H33NO/c1-2-18-36(19-3-1)51-41-24-8-10-26-43(41)52(44-27-11-9-25-42(44)51)47-32-46(40-29-15-21-35-17-5-7-23-38(35)40)48(53-54-49-30-12-13-31-50(49)55-53)33-45(47)39-28-14-20-34-16-4-6-22-37(34)39/h1-33H. The van der Waals surface area contributed by atoms with Crippen LogP contribution in [-0.2, 0) is 0 Å². The van der Waals surface area contributed by atoms with Crippen molar-refractivity contribution in [3.05, 3.63) is 200 Å². The third-order valence-electron chi connectivity index (χ3n) is 11.1. The summed E-state index contributed by atoms with van der Waals surface area (Å²) in [5.74, 6) is 0.603. The largest absolute Gasteiger partial charge is 0.436 e. The predicted molar refractivity (Wildman–Crippen MR) is 231 cm³/mol. The molecule has 0 atom stereocenters. The van der Waals surface area contributed by atoms with Crippen LogP contribution in [0.25, 0.3) is 110 Å². The van der Waals surface area contributed by atoms with Crippen LogP contribution in [0.1, 0.15) is 0 Å². The molecule has 0 aliphatic heterocycles. The molecule has 10 aromatic carbocycles. The topological polar surface area (TPSA) is 26.0 Å². The van der Waals surface area contributed by atoms with Gasteiger partial charge in [-0.3, -0.25) is 0 Å². The van der Waals surface area contributed by atoms with Crippen LogP contribution in [-0.4, -0.2) is 4.98 Å². The summed E-state index contributed by atoms with van der Waals surface area (Å²) in [4.78, 5) is 5.13. The van der Waals surface area contributed by atoms with E-state index in [9.17, 15) is 0 Å². The van der Waals surface area contributed by atoms with Gasteiger partial charge in [-0.15, -0.1) is 0 Å². The summed E-state index contributed by atoms with van der Waals surface area (Å²) in [6, 6.07) is 72.0. The normalized spacial score (nSPS) is 11.6. The van der Waals surface area contributed by atoms with E-state index in [1.165, 1.54) is 59.8 Å². The third kappa shape index (κ3) is 5.07. The Labute approximate surface area is 318 Å². The molecule has 1 heterocycles. The smallest absolute Gasteiger partial charge is 0.227 e. The molecule has 0 saturated heterocycles. The fraction of sp³-hybridized carbons (Fsp3) is 0. The van der Waals surface area contributed by atoms with Gasteiger partial charge in [0.25, 0.3) is 0 Å². The Morgan fingerprint density at radius 1 is 0.309 bits per heavy atom. The SMILES string of the molecule is c1ccc(-c2c3ccccc3c(-c3cc(-c4cccc5ccccc45)c(-c4nc5ccccc5o4)cc3-c3cccc4ccccc34)c3ccccc23)cc1. The van der Waals surface area contributed by atoms with Gasteiger partial charge < -0.3 is 4.42 Å². The first-order valence-corrected chi connectivity index (χ1v) is 18.8. The van der Waals surface area contributed by atoms with Crippen LogP contribution in [0, 0.1) is 0 Å². The molecule has 0 amide bonds. The Kier molecular flexibility index (Phi) is 7.21. The summed E-state index contributed by atoms with van der Waals surface area (Å²) < 4.78 is 6.65. The maximum absolute atomic E-state index is 6.65. The van der Waals surface area contributed by atoms with E-state index in [0.29, 0.717) is 5.89 Å². The summed E-state index contributed by atoms with van der Waals surface area (Å²) in [5.41, 5.74) is 11.9. The lowest BCUT2D eigenvalue weighted by molar-refractivity contribution is 0.620. The van der Waals surface area contributed by atoms with Crippen molar-refractivity contribution in [1.29, 1.82) is 0 Å². The fourth-order valence-corrected chi connectivity index (χ4v) is 8.67. The van der Waals surface area contributed by atoms with Gasteiger partial charge in [-0.25, -0.2) is 4.98 Å². The quantitative estimate of drug-likeness (QED) is 0.167. The Morgan fingerprint density at radius 2 is 0.764 bits per heavy atom. The monoisotopic (exact) mass is 699 g/mol. The van der Waals surface area contributed by atoms with Crippen LogP contribution in [0.4, 0.5) is 0 Å². The van der Waals surface area contributed by atoms with E-state index in [1.807, 2.05) is 24.3 Å².